The number of amides is 3. The number of nitrogens with zero attached hydrogens (tertiary/aromatic N) is 1. The van der Waals surface area contributed by atoms with Gasteiger partial charge in [0, 0.05) is 56.4 Å². The van der Waals surface area contributed by atoms with E-state index in [-0.39, 0.29) is 36.2 Å². The molecule has 12 heteroatoms. The maximum absolute atomic E-state index is 14.2. The Morgan fingerprint density at radius 1 is 1.13 bits per heavy atom. The lowest BCUT2D eigenvalue weighted by atomic mass is 10.0. The van der Waals surface area contributed by atoms with E-state index in [1.165, 1.54) is 0 Å². The number of halogens is 2. The third kappa shape index (κ3) is 7.05. The molecular formula is C26H40F2N4O5S. The van der Waals surface area contributed by atoms with Crippen molar-refractivity contribution in [2.24, 2.45) is 0 Å². The van der Waals surface area contributed by atoms with Crippen molar-refractivity contribution in [2.45, 2.75) is 80.2 Å². The number of Topliss-reactive ketones (excluding diaryl/α,β-unsaturated/α-hetero) is 1. The van der Waals surface area contributed by atoms with E-state index in [1.54, 1.807) is 18.0 Å². The first kappa shape index (κ1) is 29.2. The van der Waals surface area contributed by atoms with E-state index in [9.17, 15) is 23.2 Å². The molecule has 1 spiro atoms. The fourth-order valence-electron chi connectivity index (χ4n) is 5.68. The molecule has 3 N–H and O–H groups in total. The van der Waals surface area contributed by atoms with Crippen LogP contribution in [0.1, 0.15) is 51.4 Å². The number of likely N-dealkylation sites (tertiary alicyclic amines) is 1. The number of ether oxygens (including phenoxy) is 2. The van der Waals surface area contributed by atoms with Crippen LogP contribution in [0.2, 0.25) is 0 Å². The minimum Gasteiger partial charge on any atom is -0.379 e. The van der Waals surface area contributed by atoms with Crippen LogP contribution in [0.3, 0.4) is 0 Å². The number of carbonyl (C=O) groups excluding carboxylic acids is 3. The molecule has 0 aromatic heterocycles. The zero-order valence-electron chi connectivity index (χ0n) is 22.1. The van der Waals surface area contributed by atoms with Gasteiger partial charge >= 0.3 is 6.03 Å². The Morgan fingerprint density at radius 3 is 2.68 bits per heavy atom. The molecule has 0 aromatic carbocycles. The highest BCUT2D eigenvalue weighted by Crippen LogP contribution is 2.57. The molecule has 0 aromatic rings. The number of urea groups is 1. The van der Waals surface area contributed by atoms with E-state index in [4.69, 9.17) is 9.47 Å². The largest absolute Gasteiger partial charge is 0.379 e. The molecule has 0 saturated carbocycles. The summed E-state index contributed by atoms with van der Waals surface area (Å²) in [6.07, 6.45) is 5.39. The number of rotatable bonds is 17. The van der Waals surface area contributed by atoms with Crippen molar-refractivity contribution in [3.05, 3.63) is 11.6 Å². The quantitative estimate of drug-likeness (QED) is 0.143. The molecule has 0 bridgehead atoms. The zero-order valence-corrected chi connectivity index (χ0v) is 22.9. The first-order chi connectivity index (χ1) is 18.2. The summed E-state index contributed by atoms with van der Waals surface area (Å²) in [5.74, 6) is -1.69. The van der Waals surface area contributed by atoms with Gasteiger partial charge in [-0.1, -0.05) is 6.08 Å². The molecule has 3 aliphatic heterocycles. The second-order valence-corrected chi connectivity index (χ2v) is 11.8. The van der Waals surface area contributed by atoms with Gasteiger partial charge in [0.2, 0.25) is 5.91 Å². The molecule has 3 saturated heterocycles. The van der Waals surface area contributed by atoms with Gasteiger partial charge in [0.25, 0.3) is 5.92 Å². The lowest BCUT2D eigenvalue weighted by Crippen LogP contribution is -2.42. The van der Waals surface area contributed by atoms with Crippen LogP contribution in [-0.4, -0.2) is 104 Å². The van der Waals surface area contributed by atoms with Gasteiger partial charge in [-0.05, 0) is 38.3 Å². The van der Waals surface area contributed by atoms with E-state index in [1.807, 2.05) is 11.8 Å². The highest BCUT2D eigenvalue weighted by molar-refractivity contribution is 8.00. The topological polar surface area (TPSA) is 109 Å². The molecule has 3 heterocycles. The molecule has 4 aliphatic rings. The van der Waals surface area contributed by atoms with Crippen molar-refractivity contribution in [1.82, 2.24) is 20.9 Å². The Balaban J connectivity index is 0.913. The van der Waals surface area contributed by atoms with Crippen LogP contribution < -0.4 is 16.0 Å². The van der Waals surface area contributed by atoms with Gasteiger partial charge in [0.05, 0.1) is 31.9 Å². The average molecular weight is 559 g/mol. The lowest BCUT2D eigenvalue weighted by Gasteiger charge is -2.26. The van der Waals surface area contributed by atoms with E-state index in [0.717, 1.165) is 17.7 Å². The number of thioether (sulfide) groups is 1. The van der Waals surface area contributed by atoms with Crippen molar-refractivity contribution < 1.29 is 32.6 Å². The second kappa shape index (κ2) is 13.1. The predicted molar refractivity (Wildman–Crippen MR) is 140 cm³/mol. The standard InChI is InChI=1S/C26H40F2N4O5S/c1-32-11-9-26(27,28)25(32)16-18(25)4-2-6-22(34)29-10-13-37-15-14-36-12-3-5-19(33)7-8-21-23-20(17-38-21)30-24(35)31-23/h16,20-21,23H,2-15,17H2,1H3,(H,29,34)(H2,30,31,35)/t20?,21?,23?,25-/m1/s1. The van der Waals surface area contributed by atoms with Crippen molar-refractivity contribution in [1.29, 1.82) is 0 Å². The van der Waals surface area contributed by atoms with Crippen LogP contribution in [0.15, 0.2) is 11.6 Å². The molecule has 3 fully saturated rings. The fraction of sp³-hybridized carbons (Fsp3) is 0.808. The number of alkyl halides is 2. The highest BCUT2D eigenvalue weighted by atomic mass is 32.2. The van der Waals surface area contributed by atoms with Gasteiger partial charge in [-0.15, -0.1) is 0 Å². The average Bonchev–Trinajstić information content (AvgIpc) is 3.24. The third-order valence-electron chi connectivity index (χ3n) is 7.89. The lowest BCUT2D eigenvalue weighted by molar-refractivity contribution is -0.121. The SMILES string of the molecule is CN1CCC(F)(F)[C@]12C=C2CCCC(=O)NCCOCCOCCCC(=O)CCC1SCC2NC(=O)NC21. The number of hydrogen-bond acceptors (Lipinski definition) is 7. The monoisotopic (exact) mass is 558 g/mol. The van der Waals surface area contributed by atoms with Crippen LogP contribution in [0.4, 0.5) is 13.6 Å². The molecule has 1 aliphatic carbocycles. The Bertz CT molecular complexity index is 907. The first-order valence-corrected chi connectivity index (χ1v) is 14.7. The van der Waals surface area contributed by atoms with Gasteiger partial charge < -0.3 is 25.4 Å². The van der Waals surface area contributed by atoms with Gasteiger partial charge in [-0.25, -0.2) is 13.6 Å². The maximum atomic E-state index is 14.2. The molecule has 3 amide bonds. The Morgan fingerprint density at radius 2 is 1.92 bits per heavy atom. The van der Waals surface area contributed by atoms with E-state index < -0.39 is 11.5 Å². The van der Waals surface area contributed by atoms with Crippen LogP contribution in [-0.2, 0) is 19.1 Å². The first-order valence-electron chi connectivity index (χ1n) is 13.7. The van der Waals surface area contributed by atoms with Crippen LogP contribution in [0.25, 0.3) is 0 Å². The van der Waals surface area contributed by atoms with Crippen LogP contribution in [0, 0.1) is 0 Å². The van der Waals surface area contributed by atoms with Crippen LogP contribution in [0.5, 0.6) is 0 Å². The molecule has 0 radical (unpaired) electrons. The minimum atomic E-state index is -2.70. The maximum Gasteiger partial charge on any atom is 0.315 e. The normalized spacial score (nSPS) is 29.2. The van der Waals surface area contributed by atoms with E-state index >= 15 is 0 Å². The summed E-state index contributed by atoms with van der Waals surface area (Å²) >= 11 is 1.82. The van der Waals surface area contributed by atoms with Crippen molar-refractivity contribution in [2.75, 3.05) is 52.3 Å². The summed E-state index contributed by atoms with van der Waals surface area (Å²) in [6, 6.07) is 0.206. The van der Waals surface area contributed by atoms with Gasteiger partial charge in [0.1, 0.15) is 11.3 Å². The minimum absolute atomic E-state index is 0.104. The van der Waals surface area contributed by atoms with Crippen molar-refractivity contribution in [3.63, 3.8) is 0 Å². The van der Waals surface area contributed by atoms with Crippen molar-refractivity contribution >= 4 is 29.5 Å². The summed E-state index contributed by atoms with van der Waals surface area (Å²) in [6.45, 7) is 2.47. The molecule has 214 valence electrons. The highest BCUT2D eigenvalue weighted by Gasteiger charge is 2.67. The third-order valence-corrected chi connectivity index (χ3v) is 9.40. The summed E-state index contributed by atoms with van der Waals surface area (Å²) in [4.78, 5) is 37.3. The predicted octanol–water partition coefficient (Wildman–Crippen LogP) is 2.25. The van der Waals surface area contributed by atoms with Gasteiger partial charge in [-0.3, -0.25) is 14.5 Å². The summed E-state index contributed by atoms with van der Waals surface area (Å²) in [5, 5.41) is 8.94. The fourth-order valence-corrected chi connectivity index (χ4v) is 7.18. The van der Waals surface area contributed by atoms with Gasteiger partial charge in [0.15, 0.2) is 0 Å². The molecule has 3 unspecified atom stereocenters. The number of fused-ring (bicyclic) bond motifs is 1. The number of carbonyl (C=O) groups is 3. The number of hydrogen-bond donors (Lipinski definition) is 3. The molecular weight excluding hydrogens is 518 g/mol. The Hall–Kier alpha value is -1.76. The van der Waals surface area contributed by atoms with Crippen LogP contribution >= 0.6 is 11.8 Å². The number of nitrogens with one attached hydrogen (secondary N) is 3. The molecule has 4 atom stereocenters. The summed E-state index contributed by atoms with van der Waals surface area (Å²) in [5.41, 5.74) is -0.413. The Kier molecular flexibility index (Phi) is 10.0. The molecule has 4 rings (SSSR count). The number of ketones is 1. The molecule has 38 heavy (non-hydrogen) atoms. The zero-order chi connectivity index (χ0) is 27.2. The van der Waals surface area contributed by atoms with E-state index in [0.29, 0.717) is 83.3 Å². The Labute approximate surface area is 227 Å². The summed E-state index contributed by atoms with van der Waals surface area (Å²) in [7, 11) is 1.73. The van der Waals surface area contributed by atoms with Crippen molar-refractivity contribution in [3.8, 4) is 0 Å². The summed E-state index contributed by atoms with van der Waals surface area (Å²) < 4.78 is 39.3. The van der Waals surface area contributed by atoms with E-state index in [2.05, 4.69) is 16.0 Å². The second-order valence-electron chi connectivity index (χ2n) is 10.5. The number of likely N-dealkylation sites (N-methyl/N-ethyl adjacent to an activating group) is 1. The molecule has 9 nitrogen and oxygen atoms in total. The smallest absolute Gasteiger partial charge is 0.315 e. The van der Waals surface area contributed by atoms with Gasteiger partial charge in [-0.2, -0.15) is 11.8 Å².